The van der Waals surface area contributed by atoms with Gasteiger partial charge in [0.15, 0.2) is 0 Å². The van der Waals surface area contributed by atoms with Gasteiger partial charge in [0, 0.05) is 19.8 Å². The Morgan fingerprint density at radius 3 is 2.73 bits per heavy atom. The zero-order valence-electron chi connectivity index (χ0n) is 10.3. The van der Waals surface area contributed by atoms with Crippen molar-refractivity contribution < 1.29 is 9.84 Å². The van der Waals surface area contributed by atoms with Crippen LogP contribution in [0.4, 0.5) is 0 Å². The van der Waals surface area contributed by atoms with Crippen LogP contribution in [0.2, 0.25) is 0 Å². The average Bonchev–Trinajstić information content (AvgIpc) is 2.59. The van der Waals surface area contributed by atoms with Crippen molar-refractivity contribution in [3.8, 4) is 0 Å². The largest absolute Gasteiger partial charge is 0.389 e. The van der Waals surface area contributed by atoms with Crippen molar-refractivity contribution in [3.63, 3.8) is 0 Å². The van der Waals surface area contributed by atoms with Gasteiger partial charge in [-0.2, -0.15) is 0 Å². The molecule has 1 saturated heterocycles. The summed E-state index contributed by atoms with van der Waals surface area (Å²) in [5.41, 5.74) is -0.558. The second-order valence-electron chi connectivity index (χ2n) is 5.05. The van der Waals surface area contributed by atoms with Crippen LogP contribution < -0.4 is 0 Å². The molecule has 1 rings (SSSR count). The standard InChI is InChI=1S/C12H25NO2/c1-12(2,14)11-7-6-9-13(11)8-4-5-10-15-3/h11,14H,4-10H2,1-3H3. The summed E-state index contributed by atoms with van der Waals surface area (Å²) >= 11 is 0. The van der Waals surface area contributed by atoms with Crippen molar-refractivity contribution in [2.45, 2.75) is 51.2 Å². The summed E-state index contributed by atoms with van der Waals surface area (Å²) in [5.74, 6) is 0. The highest BCUT2D eigenvalue weighted by molar-refractivity contribution is 4.90. The van der Waals surface area contributed by atoms with E-state index in [4.69, 9.17) is 4.74 Å². The Labute approximate surface area is 93.4 Å². The molecule has 0 aromatic rings. The first kappa shape index (κ1) is 12.9. The molecule has 0 radical (unpaired) electrons. The van der Waals surface area contributed by atoms with Gasteiger partial charge in [-0.25, -0.2) is 0 Å². The molecule has 3 heteroatoms. The van der Waals surface area contributed by atoms with Crippen molar-refractivity contribution >= 4 is 0 Å². The van der Waals surface area contributed by atoms with E-state index in [1.165, 1.54) is 12.8 Å². The Balaban J connectivity index is 2.28. The first-order chi connectivity index (χ1) is 7.05. The number of unbranched alkanes of at least 4 members (excludes halogenated alkanes) is 1. The van der Waals surface area contributed by atoms with Gasteiger partial charge in [0.1, 0.15) is 0 Å². The molecule has 15 heavy (non-hydrogen) atoms. The number of hydrogen-bond donors (Lipinski definition) is 1. The van der Waals surface area contributed by atoms with E-state index in [0.29, 0.717) is 6.04 Å². The Morgan fingerprint density at radius 2 is 2.13 bits per heavy atom. The first-order valence-electron chi connectivity index (χ1n) is 6.01. The third kappa shape index (κ3) is 4.09. The van der Waals surface area contributed by atoms with Crippen LogP contribution in [-0.2, 0) is 4.74 Å². The minimum Gasteiger partial charge on any atom is -0.389 e. The molecule has 0 aromatic heterocycles. The lowest BCUT2D eigenvalue weighted by Crippen LogP contribution is -2.45. The van der Waals surface area contributed by atoms with E-state index in [9.17, 15) is 5.11 Å². The van der Waals surface area contributed by atoms with Crippen LogP contribution in [0.15, 0.2) is 0 Å². The molecule has 0 aliphatic carbocycles. The van der Waals surface area contributed by atoms with Crippen molar-refractivity contribution in [1.82, 2.24) is 4.90 Å². The van der Waals surface area contributed by atoms with Crippen molar-refractivity contribution in [2.24, 2.45) is 0 Å². The highest BCUT2D eigenvalue weighted by atomic mass is 16.5. The Morgan fingerprint density at radius 1 is 1.40 bits per heavy atom. The maximum absolute atomic E-state index is 10.0. The lowest BCUT2D eigenvalue weighted by Gasteiger charge is -2.33. The van der Waals surface area contributed by atoms with E-state index >= 15 is 0 Å². The van der Waals surface area contributed by atoms with Gasteiger partial charge in [0.2, 0.25) is 0 Å². The molecule has 90 valence electrons. The number of nitrogens with zero attached hydrogens (tertiary/aromatic N) is 1. The van der Waals surface area contributed by atoms with Crippen LogP contribution in [0.3, 0.4) is 0 Å². The minimum absolute atomic E-state index is 0.347. The molecule has 1 atom stereocenters. The lowest BCUT2D eigenvalue weighted by atomic mass is 9.96. The Hall–Kier alpha value is -0.120. The highest BCUT2D eigenvalue weighted by Crippen LogP contribution is 2.26. The summed E-state index contributed by atoms with van der Waals surface area (Å²) in [6, 6.07) is 0.347. The quantitative estimate of drug-likeness (QED) is 0.684. The summed E-state index contributed by atoms with van der Waals surface area (Å²) in [4.78, 5) is 2.43. The van der Waals surface area contributed by atoms with Gasteiger partial charge in [-0.05, 0) is 52.6 Å². The van der Waals surface area contributed by atoms with E-state index in [2.05, 4.69) is 4.90 Å². The first-order valence-corrected chi connectivity index (χ1v) is 6.01. The smallest absolute Gasteiger partial charge is 0.0746 e. The molecule has 1 heterocycles. The van der Waals surface area contributed by atoms with E-state index < -0.39 is 5.60 Å². The number of aliphatic hydroxyl groups is 1. The maximum Gasteiger partial charge on any atom is 0.0746 e. The van der Waals surface area contributed by atoms with Crippen molar-refractivity contribution in [2.75, 3.05) is 26.8 Å². The normalized spacial score (nSPS) is 23.6. The molecule has 1 fully saturated rings. The predicted molar refractivity (Wildman–Crippen MR) is 62.0 cm³/mol. The third-order valence-corrected chi connectivity index (χ3v) is 3.22. The zero-order chi connectivity index (χ0) is 11.3. The monoisotopic (exact) mass is 215 g/mol. The number of methoxy groups -OCH3 is 1. The van der Waals surface area contributed by atoms with Gasteiger partial charge in [0.05, 0.1) is 5.60 Å². The van der Waals surface area contributed by atoms with Gasteiger partial charge < -0.3 is 9.84 Å². The number of rotatable bonds is 6. The zero-order valence-corrected chi connectivity index (χ0v) is 10.3. The van der Waals surface area contributed by atoms with Gasteiger partial charge in [-0.1, -0.05) is 0 Å². The fourth-order valence-corrected chi connectivity index (χ4v) is 2.46. The molecule has 3 nitrogen and oxygen atoms in total. The lowest BCUT2D eigenvalue weighted by molar-refractivity contribution is -0.00314. The molecule has 0 aromatic carbocycles. The van der Waals surface area contributed by atoms with Crippen LogP contribution in [-0.4, -0.2) is 48.5 Å². The van der Waals surface area contributed by atoms with Gasteiger partial charge >= 0.3 is 0 Å². The van der Waals surface area contributed by atoms with Crippen LogP contribution in [0.5, 0.6) is 0 Å². The Kier molecular flexibility index (Phi) is 5.03. The molecule has 0 spiro atoms. The molecule has 1 unspecified atom stereocenters. The predicted octanol–water partition coefficient (Wildman–Crippen LogP) is 1.65. The average molecular weight is 215 g/mol. The summed E-state index contributed by atoms with van der Waals surface area (Å²) in [6.45, 7) is 6.93. The van der Waals surface area contributed by atoms with E-state index in [1.54, 1.807) is 7.11 Å². The van der Waals surface area contributed by atoms with Crippen LogP contribution in [0.1, 0.15) is 39.5 Å². The van der Waals surface area contributed by atoms with Crippen LogP contribution >= 0.6 is 0 Å². The topological polar surface area (TPSA) is 32.7 Å². The second kappa shape index (κ2) is 5.83. The number of likely N-dealkylation sites (tertiary alicyclic amines) is 1. The summed E-state index contributed by atoms with van der Waals surface area (Å²) < 4.78 is 5.03. The molecular weight excluding hydrogens is 190 g/mol. The molecule has 1 aliphatic rings. The number of ether oxygens (including phenoxy) is 1. The number of hydrogen-bond acceptors (Lipinski definition) is 3. The van der Waals surface area contributed by atoms with E-state index in [-0.39, 0.29) is 0 Å². The van der Waals surface area contributed by atoms with Gasteiger partial charge in [0.25, 0.3) is 0 Å². The minimum atomic E-state index is -0.558. The second-order valence-corrected chi connectivity index (χ2v) is 5.05. The maximum atomic E-state index is 10.0. The van der Waals surface area contributed by atoms with Crippen LogP contribution in [0.25, 0.3) is 0 Å². The molecule has 0 amide bonds. The summed E-state index contributed by atoms with van der Waals surface area (Å²) in [6.07, 6.45) is 4.64. The molecule has 0 bridgehead atoms. The molecule has 1 N–H and O–H groups in total. The highest BCUT2D eigenvalue weighted by Gasteiger charge is 2.35. The van der Waals surface area contributed by atoms with E-state index in [0.717, 1.165) is 32.5 Å². The SMILES string of the molecule is COCCCCN1CCCC1C(C)(C)O. The molecular formula is C12H25NO2. The summed E-state index contributed by atoms with van der Waals surface area (Å²) in [5, 5.41) is 10.0. The van der Waals surface area contributed by atoms with Crippen LogP contribution in [0, 0.1) is 0 Å². The fraction of sp³-hybridized carbons (Fsp3) is 1.00. The van der Waals surface area contributed by atoms with Crippen molar-refractivity contribution in [1.29, 1.82) is 0 Å². The molecule has 0 saturated carbocycles. The summed E-state index contributed by atoms with van der Waals surface area (Å²) in [7, 11) is 1.75. The van der Waals surface area contributed by atoms with Gasteiger partial charge in [-0.15, -0.1) is 0 Å². The van der Waals surface area contributed by atoms with E-state index in [1.807, 2.05) is 13.8 Å². The van der Waals surface area contributed by atoms with Gasteiger partial charge in [-0.3, -0.25) is 4.90 Å². The van der Waals surface area contributed by atoms with Crippen molar-refractivity contribution in [3.05, 3.63) is 0 Å². The Bertz CT molecular complexity index is 177. The molecule has 1 aliphatic heterocycles. The fourth-order valence-electron chi connectivity index (χ4n) is 2.46. The third-order valence-electron chi connectivity index (χ3n) is 3.22.